The summed E-state index contributed by atoms with van der Waals surface area (Å²) in [5, 5.41) is 0. The van der Waals surface area contributed by atoms with Gasteiger partial charge in [-0.1, -0.05) is 36.9 Å². The first-order valence-corrected chi connectivity index (χ1v) is 3.47. The zero-order chi connectivity index (χ0) is 8.10. The molecule has 2 N–H and O–H groups in total. The largest absolute Gasteiger partial charge is 0.405 e. The van der Waals surface area contributed by atoms with E-state index in [9.17, 15) is 0 Å². The van der Waals surface area contributed by atoms with Gasteiger partial charge < -0.3 is 5.73 Å². The molecule has 0 aromatic heterocycles. The maximum atomic E-state index is 5.23. The maximum Gasteiger partial charge on any atom is -0.00564 e. The van der Waals surface area contributed by atoms with E-state index in [1.54, 1.807) is 0 Å². The Kier molecular flexibility index (Phi) is 2.50. The molecule has 0 fully saturated rings. The average Bonchev–Trinajstić information content (AvgIpc) is 2.07. The fraction of sp³-hybridized carbons (Fsp3) is 0. The van der Waals surface area contributed by atoms with Gasteiger partial charge in [0.1, 0.15) is 0 Å². The van der Waals surface area contributed by atoms with E-state index in [-0.39, 0.29) is 0 Å². The summed E-state index contributed by atoms with van der Waals surface area (Å²) in [6.45, 7) is 3.66. The van der Waals surface area contributed by atoms with Crippen molar-refractivity contribution >= 4 is 12.2 Å². The van der Waals surface area contributed by atoms with Gasteiger partial charge in [0, 0.05) is 0 Å². The van der Waals surface area contributed by atoms with E-state index in [1.165, 1.54) is 6.20 Å². The quantitative estimate of drug-likeness (QED) is 0.678. The lowest BCUT2D eigenvalue weighted by atomic mass is 10.1. The van der Waals surface area contributed by atoms with Crippen LogP contribution in [0.5, 0.6) is 0 Å². The minimum absolute atomic E-state index is 1.11. The lowest BCUT2D eigenvalue weighted by Gasteiger charge is -1.93. The van der Waals surface area contributed by atoms with Crippen LogP contribution in [-0.2, 0) is 0 Å². The Labute approximate surface area is 66.9 Å². The molecule has 1 heteroatoms. The molecule has 0 bridgehead atoms. The van der Waals surface area contributed by atoms with E-state index in [0.29, 0.717) is 0 Å². The smallest absolute Gasteiger partial charge is 0.00564 e. The van der Waals surface area contributed by atoms with Gasteiger partial charge >= 0.3 is 0 Å². The van der Waals surface area contributed by atoms with E-state index in [2.05, 4.69) is 6.58 Å². The summed E-state index contributed by atoms with van der Waals surface area (Å²) in [7, 11) is 0. The zero-order valence-corrected chi connectivity index (χ0v) is 6.33. The summed E-state index contributed by atoms with van der Waals surface area (Å²) in [5.74, 6) is 0. The molecule has 0 spiro atoms. The molecule has 0 saturated carbocycles. The van der Waals surface area contributed by atoms with Crippen molar-refractivity contribution in [2.75, 3.05) is 0 Å². The SMILES string of the molecule is C=Cc1ccc(C=CN)cc1. The van der Waals surface area contributed by atoms with E-state index >= 15 is 0 Å². The molecular formula is C10H11N. The van der Waals surface area contributed by atoms with Gasteiger partial charge in [-0.15, -0.1) is 0 Å². The molecule has 1 aromatic rings. The molecule has 0 radical (unpaired) electrons. The first-order valence-electron chi connectivity index (χ1n) is 3.47. The van der Waals surface area contributed by atoms with Crippen LogP contribution < -0.4 is 5.73 Å². The highest BCUT2D eigenvalue weighted by Gasteiger charge is 1.85. The predicted octanol–water partition coefficient (Wildman–Crippen LogP) is 2.26. The fourth-order valence-corrected chi connectivity index (χ4v) is 0.854. The number of rotatable bonds is 2. The van der Waals surface area contributed by atoms with Gasteiger partial charge in [-0.25, -0.2) is 0 Å². The van der Waals surface area contributed by atoms with Crippen LogP contribution in [-0.4, -0.2) is 0 Å². The van der Waals surface area contributed by atoms with E-state index in [4.69, 9.17) is 5.73 Å². The van der Waals surface area contributed by atoms with Crippen molar-refractivity contribution in [1.29, 1.82) is 0 Å². The van der Waals surface area contributed by atoms with Crippen LogP contribution in [0.3, 0.4) is 0 Å². The average molecular weight is 145 g/mol. The second-order valence-electron chi connectivity index (χ2n) is 2.23. The Morgan fingerprint density at radius 2 is 1.64 bits per heavy atom. The lowest BCUT2D eigenvalue weighted by molar-refractivity contribution is 1.58. The molecule has 11 heavy (non-hydrogen) atoms. The molecular weight excluding hydrogens is 134 g/mol. The molecule has 1 nitrogen and oxygen atoms in total. The summed E-state index contributed by atoms with van der Waals surface area (Å²) in [4.78, 5) is 0. The molecule has 0 aliphatic heterocycles. The van der Waals surface area contributed by atoms with Crippen LogP contribution in [0.15, 0.2) is 37.0 Å². The van der Waals surface area contributed by atoms with Gasteiger partial charge in [0.25, 0.3) is 0 Å². The van der Waals surface area contributed by atoms with Crippen molar-refractivity contribution in [2.45, 2.75) is 0 Å². The number of hydrogen-bond donors (Lipinski definition) is 1. The van der Waals surface area contributed by atoms with Gasteiger partial charge in [-0.2, -0.15) is 0 Å². The molecule has 0 aliphatic rings. The number of hydrogen-bond acceptors (Lipinski definition) is 1. The van der Waals surface area contributed by atoms with Gasteiger partial charge in [0.05, 0.1) is 0 Å². The second-order valence-corrected chi connectivity index (χ2v) is 2.23. The van der Waals surface area contributed by atoms with Gasteiger partial charge in [-0.3, -0.25) is 0 Å². The Morgan fingerprint density at radius 1 is 1.09 bits per heavy atom. The predicted molar refractivity (Wildman–Crippen MR) is 49.8 cm³/mol. The zero-order valence-electron chi connectivity index (χ0n) is 6.33. The van der Waals surface area contributed by atoms with Crippen LogP contribution in [0.2, 0.25) is 0 Å². The van der Waals surface area contributed by atoms with E-state index in [1.807, 2.05) is 36.4 Å². The fourth-order valence-electron chi connectivity index (χ4n) is 0.854. The minimum atomic E-state index is 1.11. The normalized spacial score (nSPS) is 10.2. The molecule has 0 amide bonds. The second kappa shape index (κ2) is 3.62. The van der Waals surface area contributed by atoms with Crippen molar-refractivity contribution in [1.82, 2.24) is 0 Å². The topological polar surface area (TPSA) is 26.0 Å². The standard InChI is InChI=1S/C10H11N/c1-2-9-3-5-10(6-4-9)7-8-11/h2-8H,1,11H2. The third kappa shape index (κ3) is 1.97. The van der Waals surface area contributed by atoms with Gasteiger partial charge in [0.2, 0.25) is 0 Å². The third-order valence-electron chi connectivity index (χ3n) is 1.46. The Hall–Kier alpha value is -1.50. The van der Waals surface area contributed by atoms with Gasteiger partial charge in [0.15, 0.2) is 0 Å². The number of nitrogens with two attached hydrogens (primary N) is 1. The van der Waals surface area contributed by atoms with E-state index in [0.717, 1.165) is 11.1 Å². The van der Waals surface area contributed by atoms with Gasteiger partial charge in [-0.05, 0) is 23.4 Å². The Bertz CT molecular complexity index is 257. The monoisotopic (exact) mass is 145 g/mol. The summed E-state index contributed by atoms with van der Waals surface area (Å²) in [5.41, 5.74) is 7.46. The summed E-state index contributed by atoms with van der Waals surface area (Å²) >= 11 is 0. The van der Waals surface area contributed by atoms with Crippen molar-refractivity contribution < 1.29 is 0 Å². The molecule has 0 aliphatic carbocycles. The Morgan fingerprint density at radius 3 is 2.09 bits per heavy atom. The molecule has 56 valence electrons. The molecule has 0 atom stereocenters. The van der Waals surface area contributed by atoms with Crippen LogP contribution in [0.4, 0.5) is 0 Å². The first kappa shape index (κ1) is 7.61. The van der Waals surface area contributed by atoms with Crippen molar-refractivity contribution in [3.8, 4) is 0 Å². The third-order valence-corrected chi connectivity index (χ3v) is 1.46. The lowest BCUT2D eigenvalue weighted by Crippen LogP contribution is -1.77. The minimum Gasteiger partial charge on any atom is -0.405 e. The highest BCUT2D eigenvalue weighted by atomic mass is 14.5. The van der Waals surface area contributed by atoms with Crippen LogP contribution in [0.25, 0.3) is 12.2 Å². The van der Waals surface area contributed by atoms with Crippen molar-refractivity contribution in [3.05, 3.63) is 48.2 Å². The molecule has 1 aromatic carbocycles. The summed E-state index contributed by atoms with van der Waals surface area (Å²) in [6, 6.07) is 8.01. The maximum absolute atomic E-state index is 5.23. The molecule has 0 heterocycles. The first-order chi connectivity index (χ1) is 5.36. The highest BCUT2D eigenvalue weighted by molar-refractivity contribution is 5.54. The van der Waals surface area contributed by atoms with Crippen LogP contribution in [0.1, 0.15) is 11.1 Å². The summed E-state index contributed by atoms with van der Waals surface area (Å²) in [6.07, 6.45) is 5.20. The summed E-state index contributed by atoms with van der Waals surface area (Å²) < 4.78 is 0. The Balaban J connectivity index is 2.91. The molecule has 0 unspecified atom stereocenters. The highest BCUT2D eigenvalue weighted by Crippen LogP contribution is 2.05. The van der Waals surface area contributed by atoms with E-state index < -0.39 is 0 Å². The molecule has 1 rings (SSSR count). The molecule has 0 saturated heterocycles. The number of benzene rings is 1. The van der Waals surface area contributed by atoms with Crippen LogP contribution in [0, 0.1) is 0 Å². The van der Waals surface area contributed by atoms with Crippen molar-refractivity contribution in [2.24, 2.45) is 5.73 Å². The van der Waals surface area contributed by atoms with Crippen molar-refractivity contribution in [3.63, 3.8) is 0 Å². The van der Waals surface area contributed by atoms with Crippen LogP contribution >= 0.6 is 0 Å².